The molecule has 0 bridgehead atoms. The van der Waals surface area contributed by atoms with Crippen LogP contribution >= 0.6 is 23.1 Å². The Kier molecular flexibility index (Phi) is 4.33. The van der Waals surface area contributed by atoms with Gasteiger partial charge in [-0.15, -0.1) is 23.1 Å². The number of rotatable bonds is 4. The standard InChI is InChI=1S/C15H19NOS2/c1-14(2,3)15(17,13-9-16-11-19-13)10-18-12-7-5-4-6-8-12/h4-9,11,17H,10H2,1-3H3. The van der Waals surface area contributed by atoms with Gasteiger partial charge in [-0.05, 0) is 17.5 Å². The van der Waals surface area contributed by atoms with Gasteiger partial charge < -0.3 is 5.11 Å². The van der Waals surface area contributed by atoms with Crippen LogP contribution in [-0.2, 0) is 5.60 Å². The van der Waals surface area contributed by atoms with E-state index in [9.17, 15) is 5.11 Å². The third kappa shape index (κ3) is 3.19. The number of aromatic nitrogens is 1. The third-order valence-electron chi connectivity index (χ3n) is 3.27. The van der Waals surface area contributed by atoms with E-state index < -0.39 is 5.60 Å². The molecule has 1 aromatic heterocycles. The van der Waals surface area contributed by atoms with Gasteiger partial charge in [0.1, 0.15) is 5.60 Å². The molecule has 0 fully saturated rings. The van der Waals surface area contributed by atoms with E-state index in [2.05, 4.69) is 37.9 Å². The Labute approximate surface area is 122 Å². The van der Waals surface area contributed by atoms with Crippen molar-refractivity contribution in [1.82, 2.24) is 4.98 Å². The molecule has 0 spiro atoms. The van der Waals surface area contributed by atoms with Gasteiger partial charge >= 0.3 is 0 Å². The van der Waals surface area contributed by atoms with Gasteiger partial charge in [-0.25, -0.2) is 0 Å². The van der Waals surface area contributed by atoms with Crippen LogP contribution in [0, 0.1) is 5.41 Å². The largest absolute Gasteiger partial charge is 0.383 e. The maximum atomic E-state index is 11.1. The van der Waals surface area contributed by atoms with Crippen LogP contribution in [0.1, 0.15) is 25.6 Å². The molecule has 2 rings (SSSR count). The van der Waals surface area contributed by atoms with Gasteiger partial charge in [0.15, 0.2) is 0 Å². The molecule has 102 valence electrons. The lowest BCUT2D eigenvalue weighted by atomic mass is 9.77. The van der Waals surface area contributed by atoms with Crippen LogP contribution in [0.15, 0.2) is 46.9 Å². The van der Waals surface area contributed by atoms with Gasteiger partial charge in [0.25, 0.3) is 0 Å². The van der Waals surface area contributed by atoms with E-state index in [4.69, 9.17) is 0 Å². The molecule has 0 aliphatic heterocycles. The second kappa shape index (κ2) is 5.65. The van der Waals surface area contributed by atoms with Crippen LogP contribution < -0.4 is 0 Å². The van der Waals surface area contributed by atoms with Crippen LogP contribution in [0.2, 0.25) is 0 Å². The predicted octanol–water partition coefficient (Wildman–Crippen LogP) is 4.17. The Balaban J connectivity index is 2.21. The zero-order valence-corrected chi connectivity index (χ0v) is 13.1. The highest BCUT2D eigenvalue weighted by atomic mass is 32.2. The van der Waals surface area contributed by atoms with Gasteiger partial charge in [0.2, 0.25) is 0 Å². The molecule has 0 radical (unpaired) electrons. The Bertz CT molecular complexity index is 505. The molecule has 1 atom stereocenters. The summed E-state index contributed by atoms with van der Waals surface area (Å²) in [5, 5.41) is 11.1. The van der Waals surface area contributed by atoms with E-state index in [0.29, 0.717) is 5.75 Å². The summed E-state index contributed by atoms with van der Waals surface area (Å²) in [5.41, 5.74) is 0.676. The van der Waals surface area contributed by atoms with Crippen molar-refractivity contribution in [3.8, 4) is 0 Å². The second-order valence-electron chi connectivity index (χ2n) is 5.58. The molecule has 0 aliphatic carbocycles. The van der Waals surface area contributed by atoms with Crippen molar-refractivity contribution in [3.05, 3.63) is 46.9 Å². The predicted molar refractivity (Wildman–Crippen MR) is 82.6 cm³/mol. The number of aliphatic hydroxyl groups is 1. The molecule has 0 saturated carbocycles. The molecular weight excluding hydrogens is 274 g/mol. The molecule has 1 aromatic carbocycles. The number of hydrogen-bond acceptors (Lipinski definition) is 4. The lowest BCUT2D eigenvalue weighted by Crippen LogP contribution is -2.41. The Morgan fingerprint density at radius 3 is 2.42 bits per heavy atom. The number of nitrogens with zero attached hydrogens (tertiary/aromatic N) is 1. The van der Waals surface area contributed by atoms with Crippen molar-refractivity contribution < 1.29 is 5.11 Å². The molecule has 0 amide bonds. The Morgan fingerprint density at radius 2 is 1.89 bits per heavy atom. The first kappa shape index (κ1) is 14.6. The highest BCUT2D eigenvalue weighted by Crippen LogP contribution is 2.44. The SMILES string of the molecule is CC(C)(C)C(O)(CSc1ccccc1)c1cncs1. The highest BCUT2D eigenvalue weighted by molar-refractivity contribution is 7.99. The molecule has 2 nitrogen and oxygen atoms in total. The first-order chi connectivity index (χ1) is 8.93. The van der Waals surface area contributed by atoms with Crippen LogP contribution in [0.4, 0.5) is 0 Å². The summed E-state index contributed by atoms with van der Waals surface area (Å²) in [4.78, 5) is 6.22. The quantitative estimate of drug-likeness (QED) is 0.859. The zero-order valence-electron chi connectivity index (χ0n) is 11.5. The summed E-state index contributed by atoms with van der Waals surface area (Å²) < 4.78 is 0. The minimum Gasteiger partial charge on any atom is -0.383 e. The molecule has 19 heavy (non-hydrogen) atoms. The summed E-state index contributed by atoms with van der Waals surface area (Å²) in [5.74, 6) is 0.628. The number of thiazole rings is 1. The number of thioether (sulfide) groups is 1. The first-order valence-electron chi connectivity index (χ1n) is 6.23. The third-order valence-corrected chi connectivity index (χ3v) is 5.36. The van der Waals surface area contributed by atoms with Gasteiger partial charge in [-0.3, -0.25) is 4.98 Å². The topological polar surface area (TPSA) is 33.1 Å². The maximum absolute atomic E-state index is 11.1. The van der Waals surface area contributed by atoms with E-state index in [1.807, 2.05) is 18.2 Å². The van der Waals surface area contributed by atoms with E-state index in [1.54, 1.807) is 23.5 Å². The fraction of sp³-hybridized carbons (Fsp3) is 0.400. The van der Waals surface area contributed by atoms with E-state index in [0.717, 1.165) is 4.88 Å². The zero-order chi connectivity index (χ0) is 13.9. The molecular formula is C15H19NOS2. The molecule has 2 aromatic rings. The summed E-state index contributed by atoms with van der Waals surface area (Å²) in [6.07, 6.45) is 1.78. The fourth-order valence-electron chi connectivity index (χ4n) is 1.78. The normalized spacial score (nSPS) is 15.2. The Morgan fingerprint density at radius 1 is 1.21 bits per heavy atom. The molecule has 1 heterocycles. The van der Waals surface area contributed by atoms with Crippen molar-refractivity contribution in [3.63, 3.8) is 0 Å². The summed E-state index contributed by atoms with van der Waals surface area (Å²) in [6, 6.07) is 10.2. The minimum absolute atomic E-state index is 0.235. The fourth-order valence-corrected chi connectivity index (χ4v) is 4.12. The van der Waals surface area contributed by atoms with E-state index in [-0.39, 0.29) is 5.41 Å². The molecule has 1 N–H and O–H groups in total. The van der Waals surface area contributed by atoms with Crippen molar-refractivity contribution in [1.29, 1.82) is 0 Å². The van der Waals surface area contributed by atoms with Gasteiger partial charge in [-0.1, -0.05) is 39.0 Å². The minimum atomic E-state index is -0.866. The second-order valence-corrected chi connectivity index (χ2v) is 7.51. The van der Waals surface area contributed by atoms with Crippen molar-refractivity contribution in [2.24, 2.45) is 5.41 Å². The van der Waals surface area contributed by atoms with Crippen LogP contribution in [-0.4, -0.2) is 15.8 Å². The monoisotopic (exact) mass is 293 g/mol. The molecule has 1 unspecified atom stereocenters. The summed E-state index contributed by atoms with van der Waals surface area (Å²) in [7, 11) is 0. The number of benzene rings is 1. The lowest BCUT2D eigenvalue weighted by molar-refractivity contribution is -0.0392. The van der Waals surface area contributed by atoms with Crippen molar-refractivity contribution in [2.75, 3.05) is 5.75 Å². The van der Waals surface area contributed by atoms with Gasteiger partial charge in [0, 0.05) is 16.8 Å². The average molecular weight is 293 g/mol. The average Bonchev–Trinajstić information content (AvgIpc) is 2.90. The smallest absolute Gasteiger partial charge is 0.114 e. The molecule has 0 saturated heterocycles. The lowest BCUT2D eigenvalue weighted by Gasteiger charge is -2.39. The van der Waals surface area contributed by atoms with Crippen LogP contribution in [0.25, 0.3) is 0 Å². The summed E-state index contributed by atoms with van der Waals surface area (Å²) in [6.45, 7) is 6.20. The van der Waals surface area contributed by atoms with Crippen molar-refractivity contribution in [2.45, 2.75) is 31.3 Å². The van der Waals surface area contributed by atoms with E-state index in [1.165, 1.54) is 16.2 Å². The Hall–Kier alpha value is -0.840. The maximum Gasteiger partial charge on any atom is 0.114 e. The van der Waals surface area contributed by atoms with Crippen LogP contribution in [0.3, 0.4) is 0 Å². The first-order valence-corrected chi connectivity index (χ1v) is 8.09. The highest BCUT2D eigenvalue weighted by Gasteiger charge is 2.42. The summed E-state index contributed by atoms with van der Waals surface area (Å²) >= 11 is 3.20. The van der Waals surface area contributed by atoms with Gasteiger partial charge in [0.05, 0.1) is 10.4 Å². The molecule has 0 aliphatic rings. The molecule has 4 heteroatoms. The van der Waals surface area contributed by atoms with Crippen molar-refractivity contribution >= 4 is 23.1 Å². The van der Waals surface area contributed by atoms with Gasteiger partial charge in [-0.2, -0.15) is 0 Å². The number of hydrogen-bond donors (Lipinski definition) is 1. The van der Waals surface area contributed by atoms with Crippen LogP contribution in [0.5, 0.6) is 0 Å². The van der Waals surface area contributed by atoms with E-state index >= 15 is 0 Å².